The minimum Gasteiger partial charge on any atom is -0.298 e. The number of hydrogen-bond donors (Lipinski definition) is 0. The second-order valence-corrected chi connectivity index (χ2v) is 4.65. The van der Waals surface area contributed by atoms with Gasteiger partial charge in [0.25, 0.3) is 0 Å². The summed E-state index contributed by atoms with van der Waals surface area (Å²) >= 11 is 0. The van der Waals surface area contributed by atoms with Gasteiger partial charge in [0.1, 0.15) is 6.29 Å². The highest BCUT2D eigenvalue weighted by Crippen LogP contribution is 2.30. The Hall–Kier alpha value is -1.75. The van der Waals surface area contributed by atoms with Crippen molar-refractivity contribution < 1.29 is 4.79 Å². The molecule has 0 spiro atoms. The van der Waals surface area contributed by atoms with Crippen LogP contribution in [0.25, 0.3) is 5.65 Å². The lowest BCUT2D eigenvalue weighted by Crippen LogP contribution is -2.24. The van der Waals surface area contributed by atoms with Crippen LogP contribution in [0.3, 0.4) is 0 Å². The summed E-state index contributed by atoms with van der Waals surface area (Å²) in [6.07, 6.45) is 5.06. The zero-order chi connectivity index (χ0) is 12.5. The molecule has 18 heavy (non-hydrogen) atoms. The van der Waals surface area contributed by atoms with E-state index < -0.39 is 0 Å². The zero-order valence-electron chi connectivity index (χ0n) is 10.4. The monoisotopic (exact) mass is 244 g/mol. The molecule has 1 saturated heterocycles. The van der Waals surface area contributed by atoms with Crippen molar-refractivity contribution in [2.75, 3.05) is 13.1 Å². The van der Waals surface area contributed by atoms with Crippen LogP contribution >= 0.6 is 0 Å². The average molecular weight is 244 g/mol. The Balaban J connectivity index is 2.04. The van der Waals surface area contributed by atoms with Crippen molar-refractivity contribution in [2.24, 2.45) is 0 Å². The second kappa shape index (κ2) is 4.49. The molecule has 94 valence electrons. The van der Waals surface area contributed by atoms with E-state index in [0.29, 0.717) is 11.6 Å². The molecule has 0 N–H and O–H groups in total. The molecule has 1 aliphatic rings. The van der Waals surface area contributed by atoms with E-state index in [1.165, 1.54) is 6.42 Å². The maximum absolute atomic E-state index is 10.7. The van der Waals surface area contributed by atoms with E-state index in [1.807, 2.05) is 10.6 Å². The fraction of sp³-hybridized carbons (Fsp3) is 0.462. The Kier molecular flexibility index (Phi) is 2.83. The van der Waals surface area contributed by atoms with Gasteiger partial charge in [-0.2, -0.15) is 0 Å². The maximum Gasteiger partial charge on any atom is 0.161 e. The number of likely N-dealkylation sites (tertiary alicyclic amines) is 1. The first kappa shape index (κ1) is 11.3. The first-order chi connectivity index (χ1) is 8.83. The molecule has 1 atom stereocenters. The lowest BCUT2D eigenvalue weighted by atomic mass is 10.2. The van der Waals surface area contributed by atoms with Crippen LogP contribution in [-0.4, -0.2) is 38.9 Å². The van der Waals surface area contributed by atoms with Crippen LogP contribution in [0.1, 0.15) is 42.0 Å². The second-order valence-electron chi connectivity index (χ2n) is 4.65. The van der Waals surface area contributed by atoms with Crippen LogP contribution in [-0.2, 0) is 0 Å². The van der Waals surface area contributed by atoms with Crippen molar-refractivity contribution in [3.63, 3.8) is 0 Å². The van der Waals surface area contributed by atoms with Gasteiger partial charge in [-0.3, -0.25) is 14.1 Å². The summed E-state index contributed by atoms with van der Waals surface area (Å²) < 4.78 is 1.99. The van der Waals surface area contributed by atoms with Gasteiger partial charge in [0.2, 0.25) is 0 Å². The number of rotatable bonds is 3. The smallest absolute Gasteiger partial charge is 0.161 e. The molecule has 0 amide bonds. The minimum atomic E-state index is 0.354. The van der Waals surface area contributed by atoms with Crippen molar-refractivity contribution in [2.45, 2.75) is 25.8 Å². The number of carbonyl (C=O) groups excluding carboxylic acids is 1. The Bertz CT molecular complexity index is 577. The van der Waals surface area contributed by atoms with Crippen molar-refractivity contribution in [1.29, 1.82) is 0 Å². The van der Waals surface area contributed by atoms with E-state index >= 15 is 0 Å². The number of aromatic nitrogens is 3. The molecule has 5 heteroatoms. The zero-order valence-corrected chi connectivity index (χ0v) is 10.4. The standard InChI is InChI=1S/C13H16N4O/c1-2-16-6-3-4-11(16)13-15-14-12-8-10(9-18)5-7-17(12)13/h5,7-9,11H,2-4,6H2,1H3. The van der Waals surface area contributed by atoms with E-state index in [0.717, 1.165) is 37.3 Å². The summed E-state index contributed by atoms with van der Waals surface area (Å²) in [6, 6.07) is 3.93. The molecule has 2 aromatic rings. The van der Waals surface area contributed by atoms with Gasteiger partial charge in [-0.1, -0.05) is 6.92 Å². The molecule has 0 aliphatic carbocycles. The highest BCUT2D eigenvalue weighted by atomic mass is 16.1. The molecule has 0 saturated carbocycles. The van der Waals surface area contributed by atoms with Crippen molar-refractivity contribution in [3.05, 3.63) is 29.7 Å². The first-order valence-corrected chi connectivity index (χ1v) is 6.37. The van der Waals surface area contributed by atoms with Gasteiger partial charge in [-0.15, -0.1) is 10.2 Å². The molecule has 3 rings (SSSR count). The largest absolute Gasteiger partial charge is 0.298 e. The lowest BCUT2D eigenvalue weighted by molar-refractivity contribution is 0.112. The Morgan fingerprint density at radius 1 is 1.50 bits per heavy atom. The molecule has 1 unspecified atom stereocenters. The van der Waals surface area contributed by atoms with E-state index in [-0.39, 0.29) is 0 Å². The van der Waals surface area contributed by atoms with Gasteiger partial charge in [0, 0.05) is 11.8 Å². The Morgan fingerprint density at radius 3 is 3.17 bits per heavy atom. The fourth-order valence-electron chi connectivity index (χ4n) is 2.72. The average Bonchev–Trinajstić information content (AvgIpc) is 3.03. The molecule has 5 nitrogen and oxygen atoms in total. The molecule has 0 bridgehead atoms. The van der Waals surface area contributed by atoms with Crippen molar-refractivity contribution >= 4 is 11.9 Å². The molecule has 1 aliphatic heterocycles. The molecule has 0 radical (unpaired) electrons. The van der Waals surface area contributed by atoms with Crippen LogP contribution in [0.2, 0.25) is 0 Å². The summed E-state index contributed by atoms with van der Waals surface area (Å²) in [4.78, 5) is 13.2. The quantitative estimate of drug-likeness (QED) is 0.771. The van der Waals surface area contributed by atoms with Gasteiger partial charge in [-0.25, -0.2) is 0 Å². The number of aldehydes is 1. The minimum absolute atomic E-state index is 0.354. The lowest BCUT2D eigenvalue weighted by Gasteiger charge is -2.20. The van der Waals surface area contributed by atoms with Gasteiger partial charge >= 0.3 is 0 Å². The summed E-state index contributed by atoms with van der Waals surface area (Å²) in [5.41, 5.74) is 1.39. The van der Waals surface area contributed by atoms with Crippen LogP contribution in [0.5, 0.6) is 0 Å². The van der Waals surface area contributed by atoms with Crippen LogP contribution in [0.4, 0.5) is 0 Å². The third-order valence-corrected chi connectivity index (χ3v) is 3.66. The van der Waals surface area contributed by atoms with E-state index in [2.05, 4.69) is 22.0 Å². The molecular weight excluding hydrogens is 228 g/mol. The van der Waals surface area contributed by atoms with E-state index in [4.69, 9.17) is 0 Å². The highest BCUT2D eigenvalue weighted by Gasteiger charge is 2.28. The normalized spacial score (nSPS) is 20.6. The van der Waals surface area contributed by atoms with E-state index in [1.54, 1.807) is 12.1 Å². The van der Waals surface area contributed by atoms with Gasteiger partial charge < -0.3 is 0 Å². The first-order valence-electron chi connectivity index (χ1n) is 6.37. The SMILES string of the molecule is CCN1CCCC1c1nnc2cc(C=O)ccn12. The number of fused-ring (bicyclic) bond motifs is 1. The topological polar surface area (TPSA) is 50.5 Å². The maximum atomic E-state index is 10.7. The summed E-state index contributed by atoms with van der Waals surface area (Å²) in [7, 11) is 0. The Labute approximate surface area is 105 Å². The summed E-state index contributed by atoms with van der Waals surface area (Å²) in [5.74, 6) is 0.988. The third kappa shape index (κ3) is 1.71. The number of carbonyl (C=O) groups is 1. The van der Waals surface area contributed by atoms with Crippen LogP contribution < -0.4 is 0 Å². The predicted molar refractivity (Wildman–Crippen MR) is 67.6 cm³/mol. The molecule has 1 fully saturated rings. The third-order valence-electron chi connectivity index (χ3n) is 3.66. The van der Waals surface area contributed by atoms with E-state index in [9.17, 15) is 4.79 Å². The fourth-order valence-corrected chi connectivity index (χ4v) is 2.72. The summed E-state index contributed by atoms with van der Waals surface area (Å²) in [5, 5.41) is 8.47. The van der Waals surface area contributed by atoms with Gasteiger partial charge in [0.15, 0.2) is 11.5 Å². The predicted octanol–water partition coefficient (Wildman–Crippen LogP) is 1.70. The van der Waals surface area contributed by atoms with Crippen molar-refractivity contribution in [1.82, 2.24) is 19.5 Å². The molecular formula is C13H16N4O. The Morgan fingerprint density at radius 2 is 2.39 bits per heavy atom. The van der Waals surface area contributed by atoms with Crippen LogP contribution in [0.15, 0.2) is 18.3 Å². The van der Waals surface area contributed by atoms with Crippen molar-refractivity contribution in [3.8, 4) is 0 Å². The number of hydrogen-bond acceptors (Lipinski definition) is 4. The molecule has 3 heterocycles. The van der Waals surface area contributed by atoms with Gasteiger partial charge in [0.05, 0.1) is 6.04 Å². The summed E-state index contributed by atoms with van der Waals surface area (Å²) in [6.45, 7) is 4.33. The van der Waals surface area contributed by atoms with Crippen LogP contribution in [0, 0.1) is 0 Å². The number of pyridine rings is 1. The molecule has 2 aromatic heterocycles. The molecule has 0 aromatic carbocycles. The number of nitrogens with zero attached hydrogens (tertiary/aromatic N) is 4. The van der Waals surface area contributed by atoms with Gasteiger partial charge in [-0.05, 0) is 38.1 Å². The highest BCUT2D eigenvalue weighted by molar-refractivity contribution is 5.76.